The maximum atomic E-state index is 11.2. The van der Waals surface area contributed by atoms with Crippen LogP contribution in [-0.2, 0) is 0 Å². The number of anilines is 1. The van der Waals surface area contributed by atoms with Crippen LogP contribution in [-0.4, -0.2) is 19.4 Å². The molecule has 0 N–H and O–H groups in total. The quantitative estimate of drug-likeness (QED) is 0.752. The number of thiophene rings is 1. The van der Waals surface area contributed by atoms with Crippen molar-refractivity contribution in [1.82, 2.24) is 0 Å². The van der Waals surface area contributed by atoms with Gasteiger partial charge in [0.15, 0.2) is 6.29 Å². The van der Waals surface area contributed by atoms with E-state index in [0.29, 0.717) is 0 Å². The number of hydrogen-bond donors (Lipinski definition) is 0. The van der Waals surface area contributed by atoms with Crippen LogP contribution in [0.25, 0.3) is 10.1 Å². The Kier molecular flexibility index (Phi) is 2.85. The van der Waals surface area contributed by atoms with Crippen molar-refractivity contribution in [2.45, 2.75) is 19.3 Å². The summed E-state index contributed by atoms with van der Waals surface area (Å²) < 4.78 is 1.26. The van der Waals surface area contributed by atoms with Gasteiger partial charge in [0.25, 0.3) is 0 Å². The Morgan fingerprint density at radius 2 is 1.94 bits per heavy atom. The molecule has 0 spiro atoms. The van der Waals surface area contributed by atoms with Gasteiger partial charge in [0.1, 0.15) is 0 Å². The maximum Gasteiger partial charge on any atom is 0.152 e. The number of fused-ring (bicyclic) bond motifs is 1. The van der Waals surface area contributed by atoms with Gasteiger partial charge >= 0.3 is 0 Å². The second-order valence-corrected chi connectivity index (χ2v) is 5.42. The van der Waals surface area contributed by atoms with E-state index in [1.165, 1.54) is 29.3 Å². The lowest BCUT2D eigenvalue weighted by molar-refractivity contribution is 0.112. The van der Waals surface area contributed by atoms with Gasteiger partial charge in [-0.25, -0.2) is 0 Å². The van der Waals surface area contributed by atoms with Gasteiger partial charge in [0, 0.05) is 18.7 Å². The van der Waals surface area contributed by atoms with Crippen LogP contribution < -0.4 is 4.90 Å². The normalized spacial score (nSPS) is 16.4. The van der Waals surface area contributed by atoms with Crippen molar-refractivity contribution in [2.75, 3.05) is 18.0 Å². The van der Waals surface area contributed by atoms with Gasteiger partial charge in [-0.15, -0.1) is 11.3 Å². The molecule has 0 unspecified atom stereocenters. The average molecular weight is 245 g/mol. The minimum atomic E-state index is 0.835. The first-order valence-corrected chi connectivity index (χ1v) is 6.98. The second kappa shape index (κ2) is 4.49. The Hall–Kier alpha value is -1.35. The smallest absolute Gasteiger partial charge is 0.152 e. The average Bonchev–Trinajstić information content (AvgIpc) is 2.86. The van der Waals surface area contributed by atoms with Gasteiger partial charge in [0.2, 0.25) is 0 Å². The molecule has 2 heterocycles. The number of aldehydes is 1. The third-order valence-electron chi connectivity index (χ3n) is 3.43. The van der Waals surface area contributed by atoms with Gasteiger partial charge in [-0.05, 0) is 42.2 Å². The monoisotopic (exact) mass is 245 g/mol. The molecule has 1 aromatic carbocycles. The summed E-state index contributed by atoms with van der Waals surface area (Å²) in [6, 6.07) is 6.12. The van der Waals surface area contributed by atoms with Crippen molar-refractivity contribution in [1.29, 1.82) is 0 Å². The van der Waals surface area contributed by atoms with Crippen molar-refractivity contribution in [3.63, 3.8) is 0 Å². The minimum Gasteiger partial charge on any atom is -0.370 e. The van der Waals surface area contributed by atoms with E-state index in [2.05, 4.69) is 16.3 Å². The molecule has 0 aliphatic carbocycles. The molecule has 3 heteroatoms. The molecule has 1 fully saturated rings. The molecule has 1 aromatic heterocycles. The summed E-state index contributed by atoms with van der Waals surface area (Å²) in [5.74, 6) is 0. The fraction of sp³-hybridized carbons (Fsp3) is 0.357. The standard InChI is InChI=1S/C14H15NOS/c16-10-12-5-4-11-6-9-17-14(11)13(12)15-7-2-1-3-8-15/h4-6,9-10H,1-3,7-8H2. The molecule has 3 rings (SSSR count). The predicted octanol–water partition coefficient (Wildman–Crippen LogP) is 3.70. The van der Waals surface area contributed by atoms with Gasteiger partial charge < -0.3 is 4.90 Å². The number of benzene rings is 1. The molecule has 0 amide bonds. The van der Waals surface area contributed by atoms with E-state index in [-0.39, 0.29) is 0 Å². The summed E-state index contributed by atoms with van der Waals surface area (Å²) in [5.41, 5.74) is 1.99. The third kappa shape index (κ3) is 1.84. The van der Waals surface area contributed by atoms with E-state index < -0.39 is 0 Å². The van der Waals surface area contributed by atoms with Gasteiger partial charge in [-0.3, -0.25) is 4.79 Å². The Labute approximate surface area is 105 Å². The molecular weight excluding hydrogens is 230 g/mol. The number of carbonyl (C=O) groups excluding carboxylic acids is 1. The van der Waals surface area contributed by atoms with Crippen molar-refractivity contribution in [3.05, 3.63) is 29.1 Å². The molecule has 0 radical (unpaired) electrons. The first-order chi connectivity index (χ1) is 8.40. The van der Waals surface area contributed by atoms with Crippen LogP contribution in [0.15, 0.2) is 23.6 Å². The molecule has 2 nitrogen and oxygen atoms in total. The van der Waals surface area contributed by atoms with Crippen molar-refractivity contribution in [3.8, 4) is 0 Å². The van der Waals surface area contributed by atoms with Crippen LogP contribution in [0.4, 0.5) is 5.69 Å². The first kappa shape index (κ1) is 10.8. The number of rotatable bonds is 2. The molecule has 0 atom stereocenters. The topological polar surface area (TPSA) is 20.3 Å². The van der Waals surface area contributed by atoms with Crippen molar-refractivity contribution >= 4 is 33.4 Å². The zero-order valence-electron chi connectivity index (χ0n) is 9.69. The Morgan fingerprint density at radius 1 is 1.12 bits per heavy atom. The molecule has 2 aromatic rings. The summed E-state index contributed by atoms with van der Waals surface area (Å²) >= 11 is 1.74. The zero-order valence-corrected chi connectivity index (χ0v) is 10.5. The molecule has 1 saturated heterocycles. The SMILES string of the molecule is O=Cc1ccc2ccsc2c1N1CCCCC1. The van der Waals surface area contributed by atoms with Gasteiger partial charge in [0.05, 0.1) is 10.4 Å². The number of carbonyl (C=O) groups is 1. The highest BCUT2D eigenvalue weighted by Crippen LogP contribution is 2.35. The van der Waals surface area contributed by atoms with Gasteiger partial charge in [-0.2, -0.15) is 0 Å². The molecule has 1 aliphatic heterocycles. The van der Waals surface area contributed by atoms with Crippen LogP contribution in [0.2, 0.25) is 0 Å². The number of piperidine rings is 1. The lowest BCUT2D eigenvalue weighted by Crippen LogP contribution is -2.30. The first-order valence-electron chi connectivity index (χ1n) is 6.10. The number of hydrogen-bond acceptors (Lipinski definition) is 3. The van der Waals surface area contributed by atoms with E-state index >= 15 is 0 Å². The van der Waals surface area contributed by atoms with E-state index in [9.17, 15) is 4.79 Å². The van der Waals surface area contributed by atoms with Crippen molar-refractivity contribution in [2.24, 2.45) is 0 Å². The minimum absolute atomic E-state index is 0.835. The highest BCUT2D eigenvalue weighted by Gasteiger charge is 2.17. The predicted molar refractivity (Wildman–Crippen MR) is 73.3 cm³/mol. The highest BCUT2D eigenvalue weighted by molar-refractivity contribution is 7.17. The lowest BCUT2D eigenvalue weighted by atomic mass is 10.1. The fourth-order valence-electron chi connectivity index (χ4n) is 2.57. The fourth-order valence-corrected chi connectivity index (χ4v) is 3.55. The van der Waals surface area contributed by atoms with E-state index in [1.54, 1.807) is 11.3 Å². The second-order valence-electron chi connectivity index (χ2n) is 4.51. The Balaban J connectivity index is 2.16. The largest absolute Gasteiger partial charge is 0.370 e. The molecule has 0 bridgehead atoms. The van der Waals surface area contributed by atoms with Crippen LogP contribution in [0, 0.1) is 0 Å². The number of nitrogens with zero attached hydrogens (tertiary/aromatic N) is 1. The molecule has 1 aliphatic rings. The summed E-state index contributed by atoms with van der Waals surface area (Å²) in [5, 5.41) is 3.35. The van der Waals surface area contributed by atoms with Crippen LogP contribution in [0.1, 0.15) is 29.6 Å². The molecule has 17 heavy (non-hydrogen) atoms. The third-order valence-corrected chi connectivity index (χ3v) is 4.36. The van der Waals surface area contributed by atoms with E-state index in [1.807, 2.05) is 12.1 Å². The Morgan fingerprint density at radius 3 is 2.71 bits per heavy atom. The lowest BCUT2D eigenvalue weighted by Gasteiger charge is -2.30. The van der Waals surface area contributed by atoms with Gasteiger partial charge in [-0.1, -0.05) is 6.07 Å². The molecule has 88 valence electrons. The summed E-state index contributed by atoms with van der Waals surface area (Å²) in [6.07, 6.45) is 4.77. The van der Waals surface area contributed by atoms with Crippen molar-refractivity contribution < 1.29 is 4.79 Å². The highest BCUT2D eigenvalue weighted by atomic mass is 32.1. The van der Waals surface area contributed by atoms with Crippen LogP contribution in [0.3, 0.4) is 0 Å². The zero-order chi connectivity index (χ0) is 11.7. The summed E-state index contributed by atoms with van der Waals surface area (Å²) in [6.45, 7) is 2.16. The molecular formula is C14H15NOS. The maximum absolute atomic E-state index is 11.2. The van der Waals surface area contributed by atoms with E-state index in [4.69, 9.17) is 0 Å². The van der Waals surface area contributed by atoms with E-state index in [0.717, 1.165) is 30.6 Å². The summed E-state index contributed by atoms with van der Waals surface area (Å²) in [4.78, 5) is 13.6. The Bertz CT molecular complexity index is 540. The van der Waals surface area contributed by atoms with Crippen LogP contribution in [0.5, 0.6) is 0 Å². The summed E-state index contributed by atoms with van der Waals surface area (Å²) in [7, 11) is 0. The molecule has 0 saturated carbocycles. The van der Waals surface area contributed by atoms with Crippen LogP contribution >= 0.6 is 11.3 Å².